The van der Waals surface area contributed by atoms with Gasteiger partial charge in [0, 0.05) is 0 Å². The predicted octanol–water partition coefficient (Wildman–Crippen LogP) is 1.14. The highest BCUT2D eigenvalue weighted by atomic mass is 32.2. The second-order valence-electron chi connectivity index (χ2n) is 1.86. The van der Waals surface area contributed by atoms with Gasteiger partial charge in [0.25, 0.3) is 10.1 Å². The Hall–Kier alpha value is -0.390. The number of hydrogen-bond acceptors (Lipinski definition) is 3. The molecule has 0 saturated heterocycles. The molecule has 1 N–H and O–H groups in total. The van der Waals surface area contributed by atoms with Gasteiger partial charge in [0.2, 0.25) is 0 Å². The molecule has 10 heavy (non-hydrogen) atoms. The molecule has 0 amide bonds. The van der Waals surface area contributed by atoms with Crippen LogP contribution in [0.25, 0.3) is 0 Å². The Morgan fingerprint density at radius 3 is 2.70 bits per heavy atom. The molecule has 56 valence electrons. The zero-order chi connectivity index (χ0) is 7.61. The Morgan fingerprint density at radius 1 is 1.60 bits per heavy atom. The van der Waals surface area contributed by atoms with Gasteiger partial charge in [0.1, 0.15) is 5.75 Å². The van der Waals surface area contributed by atoms with Crippen LogP contribution in [0, 0.1) is 0 Å². The van der Waals surface area contributed by atoms with Crippen molar-refractivity contribution in [3.8, 4) is 0 Å². The number of thiophene rings is 1. The topological polar surface area (TPSA) is 54.4 Å². The molecule has 5 heteroatoms. The Balaban J connectivity index is 2.75. The van der Waals surface area contributed by atoms with Crippen molar-refractivity contribution in [1.82, 2.24) is 0 Å². The summed E-state index contributed by atoms with van der Waals surface area (Å²) in [6, 6.07) is 1.67. The Labute approximate surface area is 63.1 Å². The maximum absolute atomic E-state index is 10.3. The lowest BCUT2D eigenvalue weighted by Crippen LogP contribution is -1.99. The Morgan fingerprint density at radius 2 is 2.30 bits per heavy atom. The third-order valence-electron chi connectivity index (χ3n) is 0.929. The first-order chi connectivity index (χ1) is 4.58. The fraction of sp³-hybridized carbons (Fsp3) is 0.200. The maximum atomic E-state index is 10.3. The minimum absolute atomic E-state index is 0.281. The number of rotatable bonds is 2. The summed E-state index contributed by atoms with van der Waals surface area (Å²) in [4.78, 5) is 0. The molecular formula is C5H6O3S2. The summed E-state index contributed by atoms with van der Waals surface area (Å²) in [5.74, 6) is -0.281. The van der Waals surface area contributed by atoms with Crippen LogP contribution in [0.4, 0.5) is 0 Å². The molecule has 0 saturated carbocycles. The van der Waals surface area contributed by atoms with Crippen LogP contribution in [-0.4, -0.2) is 13.0 Å². The Kier molecular flexibility index (Phi) is 2.08. The first kappa shape index (κ1) is 7.71. The molecule has 3 nitrogen and oxygen atoms in total. The lowest BCUT2D eigenvalue weighted by atomic mass is 10.4. The van der Waals surface area contributed by atoms with Gasteiger partial charge in [-0.1, -0.05) is 0 Å². The molecule has 1 aromatic rings. The quantitative estimate of drug-likeness (QED) is 0.691. The smallest absolute Gasteiger partial charge is 0.269 e. The van der Waals surface area contributed by atoms with Crippen LogP contribution in [0.1, 0.15) is 5.56 Å². The van der Waals surface area contributed by atoms with Crippen molar-refractivity contribution in [3.63, 3.8) is 0 Å². The van der Waals surface area contributed by atoms with Crippen molar-refractivity contribution < 1.29 is 13.0 Å². The summed E-state index contributed by atoms with van der Waals surface area (Å²) in [7, 11) is -3.84. The second-order valence-corrected chi connectivity index (χ2v) is 4.09. The van der Waals surface area contributed by atoms with Crippen LogP contribution in [0.15, 0.2) is 16.8 Å². The van der Waals surface area contributed by atoms with Gasteiger partial charge in [-0.2, -0.15) is 19.8 Å². The van der Waals surface area contributed by atoms with Crippen molar-refractivity contribution in [2.24, 2.45) is 0 Å². The largest absolute Gasteiger partial charge is 0.285 e. The van der Waals surface area contributed by atoms with Crippen LogP contribution in [0.2, 0.25) is 0 Å². The van der Waals surface area contributed by atoms with Crippen molar-refractivity contribution in [3.05, 3.63) is 22.4 Å². The van der Waals surface area contributed by atoms with Gasteiger partial charge in [-0.15, -0.1) is 0 Å². The molecular weight excluding hydrogens is 172 g/mol. The minimum atomic E-state index is -3.84. The zero-order valence-corrected chi connectivity index (χ0v) is 6.65. The van der Waals surface area contributed by atoms with Gasteiger partial charge in [-0.3, -0.25) is 4.55 Å². The summed E-state index contributed by atoms with van der Waals surface area (Å²) in [6.07, 6.45) is 0. The first-order valence-corrected chi connectivity index (χ1v) is 5.09. The standard InChI is InChI=1S/C5H6O3S2/c6-10(7,8)4-5-1-2-9-3-5/h1-3H,4H2,(H,6,7,8). The third kappa shape index (κ3) is 2.47. The van der Waals surface area contributed by atoms with E-state index in [2.05, 4.69) is 0 Å². The number of hydrogen-bond donors (Lipinski definition) is 1. The molecule has 1 heterocycles. The summed E-state index contributed by atoms with van der Waals surface area (Å²) in [5.41, 5.74) is 0.632. The van der Waals surface area contributed by atoms with Crippen LogP contribution in [-0.2, 0) is 15.9 Å². The van der Waals surface area contributed by atoms with E-state index in [-0.39, 0.29) is 5.75 Å². The lowest BCUT2D eigenvalue weighted by Gasteiger charge is -1.89. The molecule has 0 atom stereocenters. The van der Waals surface area contributed by atoms with Crippen LogP contribution >= 0.6 is 11.3 Å². The molecule has 0 spiro atoms. The van der Waals surface area contributed by atoms with E-state index in [1.807, 2.05) is 0 Å². The monoisotopic (exact) mass is 178 g/mol. The predicted molar refractivity (Wildman–Crippen MR) is 39.6 cm³/mol. The van der Waals surface area contributed by atoms with E-state index in [0.717, 1.165) is 0 Å². The van der Waals surface area contributed by atoms with Gasteiger partial charge in [-0.05, 0) is 22.4 Å². The summed E-state index contributed by atoms with van der Waals surface area (Å²) in [6.45, 7) is 0. The molecule has 0 radical (unpaired) electrons. The summed E-state index contributed by atoms with van der Waals surface area (Å²) in [5, 5.41) is 3.45. The highest BCUT2D eigenvalue weighted by molar-refractivity contribution is 7.85. The fourth-order valence-electron chi connectivity index (χ4n) is 0.585. The molecule has 1 rings (SSSR count). The van der Waals surface area contributed by atoms with Crippen LogP contribution < -0.4 is 0 Å². The van der Waals surface area contributed by atoms with Crippen LogP contribution in [0.5, 0.6) is 0 Å². The molecule has 0 bridgehead atoms. The second kappa shape index (κ2) is 2.69. The van der Waals surface area contributed by atoms with E-state index in [4.69, 9.17) is 4.55 Å². The van der Waals surface area contributed by atoms with Gasteiger partial charge in [-0.25, -0.2) is 0 Å². The third-order valence-corrected chi connectivity index (χ3v) is 2.36. The highest BCUT2D eigenvalue weighted by Crippen LogP contribution is 2.08. The molecule has 0 fully saturated rings. The fourth-order valence-corrected chi connectivity index (χ4v) is 1.96. The van der Waals surface area contributed by atoms with Gasteiger partial charge in [0.15, 0.2) is 0 Å². The van der Waals surface area contributed by atoms with Crippen molar-refractivity contribution in [1.29, 1.82) is 0 Å². The van der Waals surface area contributed by atoms with Gasteiger partial charge >= 0.3 is 0 Å². The summed E-state index contributed by atoms with van der Waals surface area (Å²) < 4.78 is 28.9. The average molecular weight is 178 g/mol. The SMILES string of the molecule is O=S(=O)(O)Cc1ccsc1. The van der Waals surface area contributed by atoms with Crippen molar-refractivity contribution >= 4 is 21.5 Å². The minimum Gasteiger partial charge on any atom is -0.285 e. The van der Waals surface area contributed by atoms with Crippen LogP contribution in [0.3, 0.4) is 0 Å². The van der Waals surface area contributed by atoms with E-state index in [9.17, 15) is 8.42 Å². The van der Waals surface area contributed by atoms with E-state index in [0.29, 0.717) is 5.56 Å². The molecule has 0 aliphatic rings. The molecule has 0 unspecified atom stereocenters. The molecule has 0 aromatic carbocycles. The van der Waals surface area contributed by atoms with E-state index in [1.165, 1.54) is 11.3 Å². The van der Waals surface area contributed by atoms with E-state index < -0.39 is 10.1 Å². The zero-order valence-electron chi connectivity index (χ0n) is 5.02. The van der Waals surface area contributed by atoms with Gasteiger partial charge in [0.05, 0.1) is 0 Å². The van der Waals surface area contributed by atoms with E-state index in [1.54, 1.807) is 16.8 Å². The Bertz CT molecular complexity index is 285. The molecule has 0 aliphatic heterocycles. The average Bonchev–Trinajstić information content (AvgIpc) is 2.12. The van der Waals surface area contributed by atoms with E-state index >= 15 is 0 Å². The maximum Gasteiger partial charge on any atom is 0.269 e. The van der Waals surface area contributed by atoms with Gasteiger partial charge < -0.3 is 0 Å². The summed E-state index contributed by atoms with van der Waals surface area (Å²) >= 11 is 1.40. The van der Waals surface area contributed by atoms with Crippen molar-refractivity contribution in [2.45, 2.75) is 5.75 Å². The first-order valence-electron chi connectivity index (χ1n) is 2.54. The lowest BCUT2D eigenvalue weighted by molar-refractivity contribution is 0.482. The molecule has 0 aliphatic carbocycles. The molecule has 1 aromatic heterocycles. The highest BCUT2D eigenvalue weighted by Gasteiger charge is 2.05. The normalized spacial score (nSPS) is 11.7. The van der Waals surface area contributed by atoms with Crippen molar-refractivity contribution in [2.75, 3.05) is 0 Å².